The second-order valence-corrected chi connectivity index (χ2v) is 4.72. The van der Waals surface area contributed by atoms with Gasteiger partial charge in [0, 0.05) is 6.04 Å². The van der Waals surface area contributed by atoms with Crippen molar-refractivity contribution in [2.24, 2.45) is 10.7 Å². The van der Waals surface area contributed by atoms with Crippen molar-refractivity contribution < 1.29 is 9.18 Å². The number of aliphatic imine (C=N–C) groups is 1. The van der Waals surface area contributed by atoms with Gasteiger partial charge in [-0.05, 0) is 44.0 Å². The SMILES string of the molecule is Cc1cc(F)ccc1C1C(N)=NC(=O)N1C(C)C. The molecule has 2 N–H and O–H groups in total. The summed E-state index contributed by atoms with van der Waals surface area (Å²) in [7, 11) is 0. The lowest BCUT2D eigenvalue weighted by molar-refractivity contribution is 0.190. The van der Waals surface area contributed by atoms with Crippen molar-refractivity contribution in [2.75, 3.05) is 0 Å². The third kappa shape index (κ3) is 1.96. The van der Waals surface area contributed by atoms with Crippen LogP contribution in [0.2, 0.25) is 0 Å². The maximum Gasteiger partial charge on any atom is 0.346 e. The van der Waals surface area contributed by atoms with Crippen molar-refractivity contribution in [1.29, 1.82) is 0 Å². The Bertz CT molecular complexity index is 525. The number of carbonyl (C=O) groups excluding carboxylic acids is 1. The summed E-state index contributed by atoms with van der Waals surface area (Å²) in [5.74, 6) is -0.0319. The molecule has 0 aromatic heterocycles. The lowest BCUT2D eigenvalue weighted by atomic mass is 9.99. The van der Waals surface area contributed by atoms with Crippen LogP contribution in [-0.4, -0.2) is 22.8 Å². The van der Waals surface area contributed by atoms with E-state index in [1.807, 2.05) is 13.8 Å². The summed E-state index contributed by atoms with van der Waals surface area (Å²) in [5.41, 5.74) is 7.41. The summed E-state index contributed by atoms with van der Waals surface area (Å²) < 4.78 is 13.1. The maximum absolute atomic E-state index is 13.1. The fourth-order valence-corrected chi connectivity index (χ4v) is 2.26. The molecule has 0 saturated carbocycles. The van der Waals surface area contributed by atoms with Crippen molar-refractivity contribution in [3.8, 4) is 0 Å². The number of rotatable bonds is 2. The van der Waals surface area contributed by atoms with Gasteiger partial charge in [0.15, 0.2) is 0 Å². The van der Waals surface area contributed by atoms with Gasteiger partial charge < -0.3 is 10.6 Å². The van der Waals surface area contributed by atoms with Crippen LogP contribution in [0.4, 0.5) is 9.18 Å². The van der Waals surface area contributed by atoms with Gasteiger partial charge in [-0.25, -0.2) is 9.18 Å². The number of nitrogens with zero attached hydrogens (tertiary/aromatic N) is 2. The average molecular weight is 249 g/mol. The highest BCUT2D eigenvalue weighted by Crippen LogP contribution is 2.31. The van der Waals surface area contributed by atoms with Gasteiger partial charge in [0.25, 0.3) is 0 Å². The molecule has 2 amide bonds. The van der Waals surface area contributed by atoms with E-state index in [0.29, 0.717) is 0 Å². The monoisotopic (exact) mass is 249 g/mol. The Hall–Kier alpha value is -1.91. The van der Waals surface area contributed by atoms with Crippen LogP contribution in [0.15, 0.2) is 23.2 Å². The number of hydrogen-bond donors (Lipinski definition) is 1. The Morgan fingerprint density at radius 1 is 1.44 bits per heavy atom. The molecule has 96 valence electrons. The van der Waals surface area contributed by atoms with Gasteiger partial charge in [0.1, 0.15) is 17.7 Å². The topological polar surface area (TPSA) is 58.7 Å². The van der Waals surface area contributed by atoms with Gasteiger partial charge in [-0.15, -0.1) is 0 Å². The number of urea groups is 1. The number of nitrogens with two attached hydrogens (primary N) is 1. The number of halogens is 1. The molecule has 0 spiro atoms. The quantitative estimate of drug-likeness (QED) is 0.874. The molecule has 0 fully saturated rings. The molecule has 1 heterocycles. The van der Waals surface area contributed by atoms with E-state index >= 15 is 0 Å². The van der Waals surface area contributed by atoms with Gasteiger partial charge in [-0.3, -0.25) is 0 Å². The van der Waals surface area contributed by atoms with Crippen molar-refractivity contribution in [3.63, 3.8) is 0 Å². The number of aryl methyl sites for hydroxylation is 1. The zero-order valence-electron chi connectivity index (χ0n) is 10.6. The first kappa shape index (κ1) is 12.5. The molecule has 1 aliphatic heterocycles. The zero-order valence-corrected chi connectivity index (χ0v) is 10.6. The second-order valence-electron chi connectivity index (χ2n) is 4.72. The van der Waals surface area contributed by atoms with Gasteiger partial charge in [-0.1, -0.05) is 6.07 Å². The average Bonchev–Trinajstić information content (AvgIpc) is 2.53. The first-order chi connectivity index (χ1) is 8.41. The molecular formula is C13H16FN3O. The normalized spacial score (nSPS) is 19.6. The summed E-state index contributed by atoms with van der Waals surface area (Å²) in [5, 5.41) is 0. The Labute approximate surface area is 105 Å². The summed E-state index contributed by atoms with van der Waals surface area (Å²) in [6, 6.07) is 3.72. The van der Waals surface area contributed by atoms with Gasteiger partial charge >= 0.3 is 6.03 Å². The minimum atomic E-state index is -0.391. The zero-order chi connectivity index (χ0) is 13.4. The molecule has 1 unspecified atom stereocenters. The van der Waals surface area contributed by atoms with Crippen LogP contribution in [0.25, 0.3) is 0 Å². The molecule has 1 aromatic rings. The number of amides is 2. The molecule has 0 radical (unpaired) electrons. The maximum atomic E-state index is 13.1. The number of carbonyl (C=O) groups is 1. The largest absolute Gasteiger partial charge is 0.385 e. The van der Waals surface area contributed by atoms with Crippen LogP contribution in [0.5, 0.6) is 0 Å². The first-order valence-corrected chi connectivity index (χ1v) is 5.84. The summed E-state index contributed by atoms with van der Waals surface area (Å²) in [6.07, 6.45) is 0. The van der Waals surface area contributed by atoms with Gasteiger partial charge in [-0.2, -0.15) is 4.99 Å². The van der Waals surface area contributed by atoms with Crippen LogP contribution in [-0.2, 0) is 0 Å². The van der Waals surface area contributed by atoms with Crippen LogP contribution in [0, 0.1) is 12.7 Å². The van der Waals surface area contributed by atoms with Crippen LogP contribution in [0.3, 0.4) is 0 Å². The van der Waals surface area contributed by atoms with E-state index in [9.17, 15) is 9.18 Å². The lowest BCUT2D eigenvalue weighted by Crippen LogP contribution is -2.38. The van der Waals surface area contributed by atoms with Crippen LogP contribution >= 0.6 is 0 Å². The standard InChI is InChI=1S/C13H16FN3O/c1-7(2)17-11(12(15)16-13(17)18)10-5-4-9(14)6-8(10)3/h4-7,11H,1-3H3,(H2,15,16,18). The predicted octanol–water partition coefficient (Wildman–Crippen LogP) is 2.38. The van der Waals surface area contributed by atoms with E-state index in [1.54, 1.807) is 17.9 Å². The minimum Gasteiger partial charge on any atom is -0.385 e. The summed E-state index contributed by atoms with van der Waals surface area (Å²) in [6.45, 7) is 5.60. The summed E-state index contributed by atoms with van der Waals surface area (Å²) >= 11 is 0. The van der Waals surface area contributed by atoms with Crippen molar-refractivity contribution in [1.82, 2.24) is 4.90 Å². The Kier molecular flexibility index (Phi) is 3.07. The van der Waals surface area contributed by atoms with Gasteiger partial charge in [0.05, 0.1) is 0 Å². The molecule has 1 atom stereocenters. The Balaban J connectivity index is 2.48. The van der Waals surface area contributed by atoms with Crippen molar-refractivity contribution in [3.05, 3.63) is 35.1 Å². The van der Waals surface area contributed by atoms with Crippen LogP contribution < -0.4 is 5.73 Å². The van der Waals surface area contributed by atoms with Crippen LogP contribution in [0.1, 0.15) is 31.0 Å². The molecule has 1 aromatic carbocycles. The Morgan fingerprint density at radius 2 is 2.11 bits per heavy atom. The minimum absolute atomic E-state index is 0.0169. The molecule has 1 aliphatic rings. The number of hydrogen-bond acceptors (Lipinski definition) is 2. The first-order valence-electron chi connectivity index (χ1n) is 5.84. The van der Waals surface area contributed by atoms with E-state index in [0.717, 1.165) is 11.1 Å². The molecule has 18 heavy (non-hydrogen) atoms. The molecule has 0 bridgehead atoms. The smallest absolute Gasteiger partial charge is 0.346 e. The van der Waals surface area contributed by atoms with E-state index in [4.69, 9.17) is 5.73 Å². The molecule has 4 nitrogen and oxygen atoms in total. The molecule has 0 saturated heterocycles. The van der Waals surface area contributed by atoms with E-state index in [-0.39, 0.29) is 23.7 Å². The molecule has 2 rings (SSSR count). The van der Waals surface area contributed by atoms with Gasteiger partial charge in [0.2, 0.25) is 0 Å². The highest BCUT2D eigenvalue weighted by molar-refractivity contribution is 6.03. The van der Waals surface area contributed by atoms with E-state index < -0.39 is 6.04 Å². The molecular weight excluding hydrogens is 233 g/mol. The third-order valence-electron chi connectivity index (χ3n) is 3.09. The second kappa shape index (κ2) is 4.40. The Morgan fingerprint density at radius 3 is 2.67 bits per heavy atom. The highest BCUT2D eigenvalue weighted by atomic mass is 19.1. The van der Waals surface area contributed by atoms with Crippen molar-refractivity contribution >= 4 is 11.9 Å². The predicted molar refractivity (Wildman–Crippen MR) is 67.9 cm³/mol. The number of benzene rings is 1. The fourth-order valence-electron chi connectivity index (χ4n) is 2.26. The molecule has 0 aliphatic carbocycles. The van der Waals surface area contributed by atoms with E-state index in [1.165, 1.54) is 12.1 Å². The molecule has 5 heteroatoms. The number of amidine groups is 1. The van der Waals surface area contributed by atoms with E-state index in [2.05, 4.69) is 4.99 Å². The lowest BCUT2D eigenvalue weighted by Gasteiger charge is -2.29. The van der Waals surface area contributed by atoms with Crippen molar-refractivity contribution in [2.45, 2.75) is 32.9 Å². The highest BCUT2D eigenvalue weighted by Gasteiger charge is 2.36. The third-order valence-corrected chi connectivity index (χ3v) is 3.09. The summed E-state index contributed by atoms with van der Waals surface area (Å²) in [4.78, 5) is 17.2. The fraction of sp³-hybridized carbons (Fsp3) is 0.385.